The third-order valence-electron chi connectivity index (χ3n) is 3.20. The molecule has 2 rings (SSSR count). The van der Waals surface area contributed by atoms with Gasteiger partial charge in [-0.1, -0.05) is 37.7 Å². The number of aromatic nitrogens is 3. The van der Waals surface area contributed by atoms with Gasteiger partial charge in [-0.2, -0.15) is 5.10 Å². The van der Waals surface area contributed by atoms with Crippen molar-refractivity contribution in [2.75, 3.05) is 0 Å². The minimum Gasteiger partial charge on any atom is -0.480 e. The number of carbonyl (C=O) groups excluding carboxylic acids is 1. The van der Waals surface area contributed by atoms with Crippen molar-refractivity contribution in [3.63, 3.8) is 0 Å². The van der Waals surface area contributed by atoms with E-state index in [4.69, 9.17) is 5.11 Å². The molecule has 1 atom stereocenters. The Balaban J connectivity index is 1.95. The van der Waals surface area contributed by atoms with Gasteiger partial charge in [-0.25, -0.2) is 9.78 Å². The SMILES string of the molecule is CC(C)[C@@H](NC(=O)c1ccc(CSc2ncn[nH]2)cc1)C(=O)O. The molecule has 23 heavy (non-hydrogen) atoms. The number of hydrogen-bond acceptors (Lipinski definition) is 5. The number of carbonyl (C=O) groups is 2. The third kappa shape index (κ3) is 4.82. The number of hydrogen-bond donors (Lipinski definition) is 3. The summed E-state index contributed by atoms with van der Waals surface area (Å²) < 4.78 is 0. The van der Waals surface area contributed by atoms with Gasteiger partial charge in [-0.3, -0.25) is 9.89 Å². The average molecular weight is 334 g/mol. The van der Waals surface area contributed by atoms with Gasteiger partial charge in [-0.15, -0.1) is 0 Å². The third-order valence-corrected chi connectivity index (χ3v) is 4.15. The number of nitrogens with zero attached hydrogens (tertiary/aromatic N) is 2. The van der Waals surface area contributed by atoms with Crippen molar-refractivity contribution in [3.05, 3.63) is 41.7 Å². The lowest BCUT2D eigenvalue weighted by Crippen LogP contribution is -2.44. The normalized spacial score (nSPS) is 12.1. The Morgan fingerprint density at radius 1 is 1.30 bits per heavy atom. The summed E-state index contributed by atoms with van der Waals surface area (Å²) in [6.07, 6.45) is 1.45. The van der Waals surface area contributed by atoms with Gasteiger partial charge in [-0.05, 0) is 23.6 Å². The molecular formula is C15H18N4O3S. The van der Waals surface area contributed by atoms with Crippen LogP contribution in [0.15, 0.2) is 35.7 Å². The van der Waals surface area contributed by atoms with E-state index in [1.807, 2.05) is 12.1 Å². The van der Waals surface area contributed by atoms with Crippen LogP contribution in [-0.2, 0) is 10.5 Å². The molecule has 0 bridgehead atoms. The first-order valence-corrected chi connectivity index (χ1v) is 8.06. The second kappa shape index (κ2) is 7.77. The summed E-state index contributed by atoms with van der Waals surface area (Å²) in [5.74, 6) is -0.913. The molecule has 0 saturated carbocycles. The smallest absolute Gasteiger partial charge is 0.326 e. The highest BCUT2D eigenvalue weighted by Gasteiger charge is 2.23. The second-order valence-corrected chi connectivity index (χ2v) is 6.27. The highest BCUT2D eigenvalue weighted by Crippen LogP contribution is 2.18. The molecule has 1 aromatic carbocycles. The van der Waals surface area contributed by atoms with E-state index in [0.29, 0.717) is 11.3 Å². The van der Waals surface area contributed by atoms with Crippen molar-refractivity contribution in [1.82, 2.24) is 20.5 Å². The van der Waals surface area contributed by atoms with Gasteiger partial charge in [0.1, 0.15) is 12.4 Å². The van der Waals surface area contributed by atoms with Gasteiger partial charge in [0.25, 0.3) is 5.91 Å². The van der Waals surface area contributed by atoms with Crippen LogP contribution in [0.25, 0.3) is 0 Å². The first kappa shape index (κ1) is 17.0. The van der Waals surface area contributed by atoms with Crippen LogP contribution >= 0.6 is 11.8 Å². The molecule has 122 valence electrons. The van der Waals surface area contributed by atoms with Crippen LogP contribution in [0, 0.1) is 5.92 Å². The zero-order chi connectivity index (χ0) is 16.8. The Labute approximate surface area is 137 Å². The molecule has 0 fully saturated rings. The predicted octanol–water partition coefficient (Wildman–Crippen LogP) is 1.94. The van der Waals surface area contributed by atoms with Gasteiger partial charge in [0, 0.05) is 11.3 Å². The molecule has 3 N–H and O–H groups in total. The molecular weight excluding hydrogens is 316 g/mol. The van der Waals surface area contributed by atoms with Crippen molar-refractivity contribution >= 4 is 23.6 Å². The fourth-order valence-corrected chi connectivity index (χ4v) is 2.64. The average Bonchev–Trinajstić information content (AvgIpc) is 3.03. The number of rotatable bonds is 7. The maximum Gasteiger partial charge on any atom is 0.326 e. The van der Waals surface area contributed by atoms with E-state index in [9.17, 15) is 9.59 Å². The molecule has 7 nitrogen and oxygen atoms in total. The van der Waals surface area contributed by atoms with Crippen molar-refractivity contribution < 1.29 is 14.7 Å². The van der Waals surface area contributed by atoms with Crippen molar-refractivity contribution in [2.45, 2.75) is 30.8 Å². The number of aromatic amines is 1. The maximum absolute atomic E-state index is 12.1. The lowest BCUT2D eigenvalue weighted by molar-refractivity contribution is -0.140. The molecule has 0 aliphatic rings. The molecule has 0 aliphatic carbocycles. The molecule has 0 unspecified atom stereocenters. The number of nitrogens with one attached hydrogen (secondary N) is 2. The number of carboxylic acids is 1. The minimum atomic E-state index is -1.03. The quantitative estimate of drug-likeness (QED) is 0.668. The van der Waals surface area contributed by atoms with Gasteiger partial charge in [0.2, 0.25) is 0 Å². The number of benzene rings is 1. The Hall–Kier alpha value is -2.35. The minimum absolute atomic E-state index is 0.186. The molecule has 0 spiro atoms. The number of carboxylic acid groups (broad SMARTS) is 1. The fourth-order valence-electron chi connectivity index (χ4n) is 1.91. The van der Waals surface area contributed by atoms with E-state index in [1.54, 1.807) is 26.0 Å². The van der Waals surface area contributed by atoms with Gasteiger partial charge >= 0.3 is 5.97 Å². The molecule has 0 aliphatic heterocycles. The Kier molecular flexibility index (Phi) is 5.75. The predicted molar refractivity (Wildman–Crippen MR) is 86.1 cm³/mol. The highest BCUT2D eigenvalue weighted by atomic mass is 32.2. The largest absolute Gasteiger partial charge is 0.480 e. The molecule has 1 amide bonds. The van der Waals surface area contributed by atoms with Gasteiger partial charge < -0.3 is 10.4 Å². The van der Waals surface area contributed by atoms with Crippen LogP contribution in [0.2, 0.25) is 0 Å². The Morgan fingerprint density at radius 2 is 2.00 bits per heavy atom. The van der Waals surface area contributed by atoms with Crippen molar-refractivity contribution in [3.8, 4) is 0 Å². The van der Waals surface area contributed by atoms with Crippen LogP contribution in [0.3, 0.4) is 0 Å². The number of amides is 1. The van der Waals surface area contributed by atoms with Crippen LogP contribution < -0.4 is 5.32 Å². The molecule has 2 aromatic rings. The lowest BCUT2D eigenvalue weighted by Gasteiger charge is -2.17. The fraction of sp³-hybridized carbons (Fsp3) is 0.333. The summed E-state index contributed by atoms with van der Waals surface area (Å²) >= 11 is 1.51. The zero-order valence-electron chi connectivity index (χ0n) is 12.8. The van der Waals surface area contributed by atoms with Crippen molar-refractivity contribution in [1.29, 1.82) is 0 Å². The van der Waals surface area contributed by atoms with E-state index in [2.05, 4.69) is 20.5 Å². The summed E-state index contributed by atoms with van der Waals surface area (Å²) in [7, 11) is 0. The monoisotopic (exact) mass is 334 g/mol. The zero-order valence-corrected chi connectivity index (χ0v) is 13.6. The first-order valence-electron chi connectivity index (χ1n) is 7.08. The second-order valence-electron chi connectivity index (χ2n) is 5.31. The van der Waals surface area contributed by atoms with E-state index < -0.39 is 12.0 Å². The van der Waals surface area contributed by atoms with E-state index in [-0.39, 0.29) is 11.8 Å². The van der Waals surface area contributed by atoms with Gasteiger partial charge in [0.15, 0.2) is 5.16 Å². The summed E-state index contributed by atoms with van der Waals surface area (Å²) in [6, 6.07) is 6.15. The summed E-state index contributed by atoms with van der Waals surface area (Å²) in [5.41, 5.74) is 1.46. The Bertz CT molecular complexity index is 656. The van der Waals surface area contributed by atoms with E-state index in [1.165, 1.54) is 18.1 Å². The van der Waals surface area contributed by atoms with Crippen molar-refractivity contribution in [2.24, 2.45) is 5.92 Å². The molecule has 0 radical (unpaired) electrons. The number of aliphatic carboxylic acids is 1. The van der Waals surface area contributed by atoms with Crippen LogP contribution in [0.4, 0.5) is 0 Å². The molecule has 8 heteroatoms. The van der Waals surface area contributed by atoms with Crippen LogP contribution in [0.5, 0.6) is 0 Å². The first-order chi connectivity index (χ1) is 11.0. The molecule has 1 aromatic heterocycles. The molecule has 0 saturated heterocycles. The Morgan fingerprint density at radius 3 is 2.52 bits per heavy atom. The lowest BCUT2D eigenvalue weighted by atomic mass is 10.0. The topological polar surface area (TPSA) is 108 Å². The van der Waals surface area contributed by atoms with E-state index in [0.717, 1.165) is 10.7 Å². The van der Waals surface area contributed by atoms with E-state index >= 15 is 0 Å². The summed E-state index contributed by atoms with van der Waals surface area (Å²) in [4.78, 5) is 27.3. The number of thioether (sulfide) groups is 1. The standard InChI is InChI=1S/C15H18N4O3S/c1-9(2)12(14(21)22)18-13(20)11-5-3-10(4-6-11)7-23-15-16-8-17-19-15/h3-6,8-9,12H,7H2,1-2H3,(H,18,20)(H,21,22)(H,16,17,19)/t12-/m1/s1. The summed E-state index contributed by atoms with van der Waals surface area (Å²) in [6.45, 7) is 3.51. The summed E-state index contributed by atoms with van der Waals surface area (Å²) in [5, 5.41) is 18.9. The number of H-pyrrole nitrogens is 1. The van der Waals surface area contributed by atoms with Gasteiger partial charge in [0.05, 0.1) is 0 Å². The molecule has 1 heterocycles. The highest BCUT2D eigenvalue weighted by molar-refractivity contribution is 7.98. The maximum atomic E-state index is 12.1. The van der Waals surface area contributed by atoms with Crippen LogP contribution in [0.1, 0.15) is 29.8 Å². The van der Waals surface area contributed by atoms with Crippen LogP contribution in [-0.4, -0.2) is 38.2 Å².